The molecule has 0 radical (unpaired) electrons. The highest BCUT2D eigenvalue weighted by Crippen LogP contribution is 2.22. The highest BCUT2D eigenvalue weighted by atomic mass is 127. The van der Waals surface area contributed by atoms with Crippen LogP contribution >= 0.6 is 24.0 Å². The van der Waals surface area contributed by atoms with Crippen LogP contribution in [0.25, 0.3) is 0 Å². The van der Waals surface area contributed by atoms with E-state index in [1.807, 2.05) is 13.8 Å². The largest absolute Gasteiger partial charge is 0.388 e. The van der Waals surface area contributed by atoms with Crippen molar-refractivity contribution in [1.29, 1.82) is 0 Å². The third-order valence-electron chi connectivity index (χ3n) is 4.11. The molecule has 0 atom stereocenters. The molecule has 0 aromatic heterocycles. The van der Waals surface area contributed by atoms with Crippen molar-refractivity contribution in [1.82, 2.24) is 0 Å². The Morgan fingerprint density at radius 2 is 1.64 bits per heavy atom. The second kappa shape index (κ2) is 10.0. The van der Waals surface area contributed by atoms with Crippen molar-refractivity contribution in [2.75, 3.05) is 11.9 Å². The Morgan fingerprint density at radius 3 is 2.05 bits per heavy atom. The molecule has 0 spiro atoms. The summed E-state index contributed by atoms with van der Waals surface area (Å²) in [5, 5.41) is 13.5. The molecule has 4 N–H and O–H groups in total. The van der Waals surface area contributed by atoms with Gasteiger partial charge in [-0.1, -0.05) is 45.9 Å². The minimum atomic E-state index is -0.760. The molecular formula is C17H30IN3O. The summed E-state index contributed by atoms with van der Waals surface area (Å²) in [5.41, 5.74) is 8.75. The fraction of sp³-hybridized carbons (Fsp3) is 0.588. The van der Waals surface area contributed by atoms with Gasteiger partial charge >= 0.3 is 0 Å². The fourth-order valence-electron chi connectivity index (χ4n) is 2.28. The van der Waals surface area contributed by atoms with Gasteiger partial charge in [-0.05, 0) is 36.8 Å². The van der Waals surface area contributed by atoms with E-state index in [2.05, 4.69) is 42.4 Å². The maximum absolute atomic E-state index is 10.3. The summed E-state index contributed by atoms with van der Waals surface area (Å²) in [4.78, 5) is 4.32. The Bertz CT molecular complexity index is 463. The van der Waals surface area contributed by atoms with Gasteiger partial charge in [0.25, 0.3) is 0 Å². The summed E-state index contributed by atoms with van der Waals surface area (Å²) in [6, 6.07) is 6.27. The molecule has 0 saturated carbocycles. The van der Waals surface area contributed by atoms with Gasteiger partial charge < -0.3 is 16.2 Å². The lowest BCUT2D eigenvalue weighted by atomic mass is 9.98. The number of guanidine groups is 1. The van der Waals surface area contributed by atoms with Crippen molar-refractivity contribution in [3.8, 4) is 0 Å². The van der Waals surface area contributed by atoms with Gasteiger partial charge in [-0.3, -0.25) is 4.99 Å². The van der Waals surface area contributed by atoms with E-state index in [1.54, 1.807) is 0 Å². The van der Waals surface area contributed by atoms with E-state index < -0.39 is 5.60 Å². The molecule has 22 heavy (non-hydrogen) atoms. The van der Waals surface area contributed by atoms with Crippen molar-refractivity contribution in [3.63, 3.8) is 0 Å². The molecule has 0 unspecified atom stereocenters. The minimum Gasteiger partial charge on any atom is -0.388 e. The number of nitrogens with one attached hydrogen (secondary N) is 1. The maximum atomic E-state index is 10.3. The molecule has 0 aliphatic carbocycles. The second-order valence-electron chi connectivity index (χ2n) is 5.42. The van der Waals surface area contributed by atoms with Crippen molar-refractivity contribution in [2.24, 2.45) is 10.7 Å². The van der Waals surface area contributed by atoms with E-state index in [1.165, 1.54) is 11.1 Å². The third kappa shape index (κ3) is 5.76. The van der Waals surface area contributed by atoms with Crippen LogP contribution in [0.2, 0.25) is 0 Å². The first-order valence-electron chi connectivity index (χ1n) is 7.89. The second-order valence-corrected chi connectivity index (χ2v) is 5.42. The smallest absolute Gasteiger partial charge is 0.193 e. The molecule has 4 nitrogen and oxygen atoms in total. The highest BCUT2D eigenvalue weighted by Gasteiger charge is 2.21. The number of aliphatic hydroxyl groups is 1. The number of nitrogens with zero attached hydrogens (tertiary/aromatic N) is 1. The van der Waals surface area contributed by atoms with Crippen LogP contribution in [0.15, 0.2) is 23.2 Å². The molecule has 0 amide bonds. The lowest BCUT2D eigenvalue weighted by Crippen LogP contribution is -2.33. The van der Waals surface area contributed by atoms with E-state index >= 15 is 0 Å². The van der Waals surface area contributed by atoms with Crippen LogP contribution in [-0.2, 0) is 12.8 Å². The number of aryl methyl sites for hydroxylation is 2. The number of aliphatic imine (C=N–C) groups is 1. The van der Waals surface area contributed by atoms with E-state index in [0.717, 1.165) is 18.5 Å². The molecule has 126 valence electrons. The van der Waals surface area contributed by atoms with Crippen LogP contribution in [0.1, 0.15) is 51.7 Å². The van der Waals surface area contributed by atoms with Crippen molar-refractivity contribution in [3.05, 3.63) is 29.3 Å². The minimum absolute atomic E-state index is 0. The SMILES string of the molecule is CCc1cccc(CC)c1NC(N)=NCC(O)(CC)CC.I. The first-order valence-corrected chi connectivity index (χ1v) is 7.89. The lowest BCUT2D eigenvalue weighted by molar-refractivity contribution is 0.0419. The van der Waals surface area contributed by atoms with Crippen LogP contribution in [0.4, 0.5) is 5.69 Å². The van der Waals surface area contributed by atoms with Gasteiger partial charge in [0, 0.05) is 5.69 Å². The van der Waals surface area contributed by atoms with E-state index in [4.69, 9.17) is 5.73 Å². The number of benzene rings is 1. The van der Waals surface area contributed by atoms with Crippen molar-refractivity contribution in [2.45, 2.75) is 59.0 Å². The number of hydrogen-bond donors (Lipinski definition) is 3. The Labute approximate surface area is 151 Å². The van der Waals surface area contributed by atoms with E-state index in [9.17, 15) is 5.11 Å². The van der Waals surface area contributed by atoms with Gasteiger partial charge in [0.15, 0.2) is 5.96 Å². The Kier molecular flexibility index (Phi) is 9.67. The highest BCUT2D eigenvalue weighted by molar-refractivity contribution is 14.0. The summed E-state index contributed by atoms with van der Waals surface area (Å²) in [6.45, 7) is 8.50. The normalized spacial score (nSPS) is 12.0. The summed E-state index contributed by atoms with van der Waals surface area (Å²) in [7, 11) is 0. The number of anilines is 1. The topological polar surface area (TPSA) is 70.6 Å². The molecule has 1 aromatic carbocycles. The number of para-hydroxylation sites is 1. The molecule has 1 rings (SSSR count). The average molecular weight is 419 g/mol. The van der Waals surface area contributed by atoms with Crippen LogP contribution in [-0.4, -0.2) is 23.2 Å². The summed E-state index contributed by atoms with van der Waals surface area (Å²) in [5.74, 6) is 0.367. The average Bonchev–Trinajstić information content (AvgIpc) is 2.52. The standard InChI is InChI=1S/C17H29N3O.HI/c1-5-13-10-9-11-14(6-2)15(13)20-16(18)19-12-17(21,7-3)8-4;/h9-11,21H,5-8,12H2,1-4H3,(H3,18,19,20);1H. The predicted octanol–water partition coefficient (Wildman–Crippen LogP) is 3.71. The zero-order valence-electron chi connectivity index (χ0n) is 14.1. The number of hydrogen-bond acceptors (Lipinski definition) is 2. The Balaban J connectivity index is 0.00000441. The Hall–Kier alpha value is -0.820. The Morgan fingerprint density at radius 1 is 1.14 bits per heavy atom. The van der Waals surface area contributed by atoms with Crippen molar-refractivity contribution >= 4 is 35.6 Å². The van der Waals surface area contributed by atoms with Gasteiger partial charge in [-0.15, -0.1) is 24.0 Å². The van der Waals surface area contributed by atoms with Crippen LogP contribution in [0, 0.1) is 0 Å². The fourth-order valence-corrected chi connectivity index (χ4v) is 2.28. The number of rotatable bonds is 7. The molecule has 5 heteroatoms. The predicted molar refractivity (Wildman–Crippen MR) is 106 cm³/mol. The molecule has 1 aromatic rings. The van der Waals surface area contributed by atoms with Gasteiger partial charge in [-0.2, -0.15) is 0 Å². The molecule has 0 bridgehead atoms. The quantitative estimate of drug-likeness (QED) is 0.359. The van der Waals surface area contributed by atoms with Crippen LogP contribution in [0.5, 0.6) is 0 Å². The lowest BCUT2D eigenvalue weighted by Gasteiger charge is -2.23. The molecule has 0 saturated heterocycles. The van der Waals surface area contributed by atoms with Gasteiger partial charge in [0.2, 0.25) is 0 Å². The van der Waals surface area contributed by atoms with E-state index in [0.29, 0.717) is 25.3 Å². The first-order chi connectivity index (χ1) is 9.99. The molecule has 0 aliphatic heterocycles. The van der Waals surface area contributed by atoms with Gasteiger partial charge in [-0.25, -0.2) is 0 Å². The summed E-state index contributed by atoms with van der Waals surface area (Å²) >= 11 is 0. The first kappa shape index (κ1) is 21.2. The molecule has 0 heterocycles. The van der Waals surface area contributed by atoms with Gasteiger partial charge in [0.1, 0.15) is 0 Å². The molecule has 0 fully saturated rings. The molecule has 0 aliphatic rings. The molecular weight excluding hydrogens is 389 g/mol. The maximum Gasteiger partial charge on any atom is 0.193 e. The zero-order valence-corrected chi connectivity index (χ0v) is 16.5. The van der Waals surface area contributed by atoms with E-state index in [-0.39, 0.29) is 24.0 Å². The third-order valence-corrected chi connectivity index (χ3v) is 4.11. The zero-order chi connectivity index (χ0) is 15.9. The number of halogens is 1. The summed E-state index contributed by atoms with van der Waals surface area (Å²) < 4.78 is 0. The van der Waals surface area contributed by atoms with Crippen LogP contribution in [0.3, 0.4) is 0 Å². The monoisotopic (exact) mass is 419 g/mol. The van der Waals surface area contributed by atoms with Crippen LogP contribution < -0.4 is 11.1 Å². The number of nitrogens with two attached hydrogens (primary N) is 1. The summed E-state index contributed by atoms with van der Waals surface area (Å²) in [6.07, 6.45) is 3.23. The van der Waals surface area contributed by atoms with Crippen molar-refractivity contribution < 1.29 is 5.11 Å². The van der Waals surface area contributed by atoms with Gasteiger partial charge in [0.05, 0.1) is 12.1 Å².